The Morgan fingerprint density at radius 3 is 2.71 bits per heavy atom. The number of benzene rings is 1. The molecule has 0 saturated heterocycles. The number of hydrogen-bond donors (Lipinski definition) is 2. The Balaban J connectivity index is 2.16. The van der Waals surface area contributed by atoms with Gasteiger partial charge in [-0.1, -0.05) is 24.4 Å². The highest BCUT2D eigenvalue weighted by molar-refractivity contribution is 7.80. The lowest BCUT2D eigenvalue weighted by Crippen LogP contribution is -2.12. The lowest BCUT2D eigenvalue weighted by atomic mass is 10.2. The molecule has 17 heavy (non-hydrogen) atoms. The quantitative estimate of drug-likeness (QED) is 0.810. The number of aryl methyl sites for hydroxylation is 1. The molecule has 0 bridgehead atoms. The molecule has 0 aliphatic carbocycles. The van der Waals surface area contributed by atoms with Crippen LogP contribution >= 0.6 is 12.2 Å². The van der Waals surface area contributed by atoms with Gasteiger partial charge in [-0.05, 0) is 24.6 Å². The van der Waals surface area contributed by atoms with Crippen molar-refractivity contribution in [3.63, 3.8) is 0 Å². The van der Waals surface area contributed by atoms with Gasteiger partial charge in [0.2, 0.25) is 0 Å². The number of nitrogens with two attached hydrogens (primary N) is 1. The third-order valence-electron chi connectivity index (χ3n) is 2.19. The van der Waals surface area contributed by atoms with E-state index in [0.29, 0.717) is 11.5 Å². The third-order valence-corrected chi connectivity index (χ3v) is 2.40. The molecule has 3 N–H and O–H groups in total. The minimum Gasteiger partial charge on any atom is -0.388 e. The van der Waals surface area contributed by atoms with E-state index in [0.717, 1.165) is 5.69 Å². The maximum atomic E-state index is 5.44. The molecule has 0 amide bonds. The van der Waals surface area contributed by atoms with E-state index >= 15 is 0 Å². The van der Waals surface area contributed by atoms with Crippen molar-refractivity contribution in [2.24, 2.45) is 5.73 Å². The van der Waals surface area contributed by atoms with Gasteiger partial charge in [-0.2, -0.15) is 0 Å². The van der Waals surface area contributed by atoms with Crippen molar-refractivity contribution < 1.29 is 0 Å². The summed E-state index contributed by atoms with van der Waals surface area (Å²) >= 11 is 4.81. The fraction of sp³-hybridized carbons (Fsp3) is 0.0833. The van der Waals surface area contributed by atoms with E-state index < -0.39 is 0 Å². The van der Waals surface area contributed by atoms with Crippen molar-refractivity contribution in [3.05, 3.63) is 47.9 Å². The zero-order valence-corrected chi connectivity index (χ0v) is 10.2. The predicted octanol–water partition coefficient (Wildman–Crippen LogP) is 2.16. The molecule has 0 aliphatic rings. The number of hydrogen-bond acceptors (Lipinski definition) is 4. The van der Waals surface area contributed by atoms with Crippen LogP contribution in [0.5, 0.6) is 0 Å². The molecule has 5 heteroatoms. The number of rotatable bonds is 3. The minimum atomic E-state index is 0.250. The zero-order chi connectivity index (χ0) is 12.3. The Labute approximate surface area is 105 Å². The second-order valence-corrected chi connectivity index (χ2v) is 4.09. The van der Waals surface area contributed by atoms with Gasteiger partial charge in [-0.15, -0.1) is 0 Å². The SMILES string of the molecule is Cc1cccc(Nc2cnc(C(N)=S)cn2)c1. The molecule has 1 heterocycles. The van der Waals surface area contributed by atoms with E-state index in [1.807, 2.05) is 31.2 Å². The first-order chi connectivity index (χ1) is 8.15. The number of nitrogens with one attached hydrogen (secondary N) is 1. The summed E-state index contributed by atoms with van der Waals surface area (Å²) in [5.41, 5.74) is 8.13. The molecule has 4 nitrogen and oxygen atoms in total. The van der Waals surface area contributed by atoms with Crippen LogP contribution < -0.4 is 11.1 Å². The lowest BCUT2D eigenvalue weighted by Gasteiger charge is -2.06. The van der Waals surface area contributed by atoms with Crippen molar-refractivity contribution in [2.45, 2.75) is 6.92 Å². The van der Waals surface area contributed by atoms with Gasteiger partial charge >= 0.3 is 0 Å². The standard InChI is InChI=1S/C12H12N4S/c1-8-3-2-4-9(5-8)16-11-7-14-10(6-15-11)12(13)17/h2-7H,1H3,(H2,13,17)(H,15,16). The molecule has 86 valence electrons. The van der Waals surface area contributed by atoms with E-state index in [9.17, 15) is 0 Å². The Morgan fingerprint density at radius 2 is 2.12 bits per heavy atom. The lowest BCUT2D eigenvalue weighted by molar-refractivity contribution is 1.18. The second-order valence-electron chi connectivity index (χ2n) is 3.65. The molecule has 0 atom stereocenters. The highest BCUT2D eigenvalue weighted by Crippen LogP contribution is 2.14. The molecule has 1 aromatic carbocycles. The van der Waals surface area contributed by atoms with Crippen LogP contribution in [0.25, 0.3) is 0 Å². The first-order valence-electron chi connectivity index (χ1n) is 5.11. The molecule has 2 rings (SSSR count). The monoisotopic (exact) mass is 244 g/mol. The van der Waals surface area contributed by atoms with Gasteiger partial charge in [0.1, 0.15) is 16.5 Å². The van der Waals surface area contributed by atoms with Crippen molar-refractivity contribution in [1.29, 1.82) is 0 Å². The summed E-state index contributed by atoms with van der Waals surface area (Å²) in [4.78, 5) is 8.54. The zero-order valence-electron chi connectivity index (χ0n) is 9.34. The third kappa shape index (κ3) is 2.98. The molecule has 0 radical (unpaired) electrons. The smallest absolute Gasteiger partial charge is 0.148 e. The maximum absolute atomic E-state index is 5.44. The largest absolute Gasteiger partial charge is 0.388 e. The van der Waals surface area contributed by atoms with Crippen LogP contribution in [0.4, 0.5) is 11.5 Å². The van der Waals surface area contributed by atoms with Gasteiger partial charge < -0.3 is 11.1 Å². The Bertz CT molecular complexity index is 536. The van der Waals surface area contributed by atoms with Crippen LogP contribution in [0, 0.1) is 6.92 Å². The van der Waals surface area contributed by atoms with Crippen LogP contribution in [0.3, 0.4) is 0 Å². The van der Waals surface area contributed by atoms with Crippen LogP contribution in [0.2, 0.25) is 0 Å². The van der Waals surface area contributed by atoms with Gasteiger partial charge in [-0.3, -0.25) is 0 Å². The summed E-state index contributed by atoms with van der Waals surface area (Å²) in [5.74, 6) is 0.663. The molecular formula is C12H12N4S. The first kappa shape index (κ1) is 11.5. The number of nitrogens with zero attached hydrogens (tertiary/aromatic N) is 2. The maximum Gasteiger partial charge on any atom is 0.148 e. The average molecular weight is 244 g/mol. The van der Waals surface area contributed by atoms with Gasteiger partial charge in [-0.25, -0.2) is 9.97 Å². The van der Waals surface area contributed by atoms with E-state index in [4.69, 9.17) is 18.0 Å². The van der Waals surface area contributed by atoms with E-state index in [2.05, 4.69) is 15.3 Å². The normalized spacial score (nSPS) is 9.94. The summed E-state index contributed by atoms with van der Waals surface area (Å²) in [6.45, 7) is 2.03. The first-order valence-corrected chi connectivity index (χ1v) is 5.51. The molecule has 0 unspecified atom stereocenters. The molecule has 1 aromatic heterocycles. The van der Waals surface area contributed by atoms with Gasteiger partial charge in [0.05, 0.1) is 12.4 Å². The average Bonchev–Trinajstić information content (AvgIpc) is 2.29. The van der Waals surface area contributed by atoms with Gasteiger partial charge in [0.15, 0.2) is 0 Å². The summed E-state index contributed by atoms with van der Waals surface area (Å²) in [6.07, 6.45) is 3.16. The van der Waals surface area contributed by atoms with E-state index in [-0.39, 0.29) is 4.99 Å². The van der Waals surface area contributed by atoms with Gasteiger partial charge in [0.25, 0.3) is 0 Å². The fourth-order valence-electron chi connectivity index (χ4n) is 1.39. The molecular weight excluding hydrogens is 232 g/mol. The molecule has 0 fully saturated rings. The Morgan fingerprint density at radius 1 is 1.29 bits per heavy atom. The fourth-order valence-corrected chi connectivity index (χ4v) is 1.50. The van der Waals surface area contributed by atoms with E-state index in [1.165, 1.54) is 5.56 Å². The van der Waals surface area contributed by atoms with Crippen LogP contribution in [-0.4, -0.2) is 15.0 Å². The highest BCUT2D eigenvalue weighted by Gasteiger charge is 2.00. The van der Waals surface area contributed by atoms with Crippen LogP contribution in [0.15, 0.2) is 36.7 Å². The number of thiocarbonyl (C=S) groups is 1. The summed E-state index contributed by atoms with van der Waals surface area (Å²) in [7, 11) is 0. The second kappa shape index (κ2) is 4.88. The van der Waals surface area contributed by atoms with Crippen LogP contribution in [0.1, 0.15) is 11.3 Å². The van der Waals surface area contributed by atoms with Gasteiger partial charge in [0, 0.05) is 5.69 Å². The molecule has 2 aromatic rings. The number of anilines is 2. The summed E-state index contributed by atoms with van der Waals surface area (Å²) in [5, 5.41) is 3.15. The van der Waals surface area contributed by atoms with Crippen molar-refractivity contribution in [1.82, 2.24) is 9.97 Å². The molecule has 0 aliphatic heterocycles. The van der Waals surface area contributed by atoms with Crippen molar-refractivity contribution in [2.75, 3.05) is 5.32 Å². The topological polar surface area (TPSA) is 63.8 Å². The Kier molecular flexibility index (Phi) is 3.30. The van der Waals surface area contributed by atoms with Crippen LogP contribution in [-0.2, 0) is 0 Å². The molecule has 0 spiro atoms. The highest BCUT2D eigenvalue weighted by atomic mass is 32.1. The minimum absolute atomic E-state index is 0.250. The molecule has 0 saturated carbocycles. The number of aromatic nitrogens is 2. The predicted molar refractivity (Wildman–Crippen MR) is 72.4 cm³/mol. The van der Waals surface area contributed by atoms with Crippen molar-refractivity contribution >= 4 is 28.7 Å². The summed E-state index contributed by atoms with van der Waals surface area (Å²) in [6, 6.07) is 8.01. The summed E-state index contributed by atoms with van der Waals surface area (Å²) < 4.78 is 0. The Hall–Kier alpha value is -2.01. The van der Waals surface area contributed by atoms with Crippen molar-refractivity contribution in [3.8, 4) is 0 Å². The van der Waals surface area contributed by atoms with E-state index in [1.54, 1.807) is 12.4 Å².